The summed E-state index contributed by atoms with van der Waals surface area (Å²) in [5.74, 6) is 0.380. The van der Waals surface area contributed by atoms with Crippen LogP contribution in [0.15, 0.2) is 34.7 Å². The number of hydrogen-bond acceptors (Lipinski definition) is 4. The number of furan rings is 1. The van der Waals surface area contributed by atoms with Crippen molar-refractivity contribution >= 4 is 23.2 Å². The molecule has 0 aliphatic carbocycles. The lowest BCUT2D eigenvalue weighted by atomic mass is 10.1. The van der Waals surface area contributed by atoms with E-state index in [1.807, 2.05) is 19.9 Å². The Labute approximate surface area is 186 Å². The highest BCUT2D eigenvalue weighted by atomic mass is 35.5. The van der Waals surface area contributed by atoms with Gasteiger partial charge >= 0.3 is 0 Å². The van der Waals surface area contributed by atoms with Gasteiger partial charge in [-0.25, -0.2) is 4.39 Å². The van der Waals surface area contributed by atoms with Gasteiger partial charge in [-0.1, -0.05) is 24.1 Å². The molecule has 2 aromatic heterocycles. The van der Waals surface area contributed by atoms with Crippen LogP contribution in [-0.2, 0) is 13.1 Å². The summed E-state index contributed by atoms with van der Waals surface area (Å²) >= 11 is 6.15. The third-order valence-electron chi connectivity index (χ3n) is 5.67. The van der Waals surface area contributed by atoms with Crippen LogP contribution in [0.5, 0.6) is 0 Å². The van der Waals surface area contributed by atoms with Crippen molar-refractivity contribution in [2.24, 2.45) is 0 Å². The number of carbonyl (C=O) groups excluding carboxylic acids is 1. The van der Waals surface area contributed by atoms with Gasteiger partial charge in [0.05, 0.1) is 30.2 Å². The first-order valence-electron chi connectivity index (χ1n) is 10.5. The number of nitrogens with one attached hydrogen (secondary N) is 1. The molecule has 1 fully saturated rings. The highest BCUT2D eigenvalue weighted by Crippen LogP contribution is 2.24. The molecule has 164 valence electrons. The zero-order chi connectivity index (χ0) is 22.0. The van der Waals surface area contributed by atoms with E-state index in [2.05, 4.69) is 15.3 Å². The highest BCUT2D eigenvalue weighted by Gasteiger charge is 2.19. The number of aryl methyl sites for hydroxylation is 1. The topological polar surface area (TPSA) is 63.3 Å². The fourth-order valence-electron chi connectivity index (χ4n) is 3.94. The van der Waals surface area contributed by atoms with E-state index in [4.69, 9.17) is 16.0 Å². The molecule has 8 heteroatoms. The van der Waals surface area contributed by atoms with Crippen LogP contribution < -0.4 is 5.32 Å². The Morgan fingerprint density at radius 2 is 1.94 bits per heavy atom. The summed E-state index contributed by atoms with van der Waals surface area (Å²) in [5.41, 5.74) is 2.85. The molecule has 0 saturated carbocycles. The molecule has 1 aromatic carbocycles. The van der Waals surface area contributed by atoms with Gasteiger partial charge in [-0.2, -0.15) is 5.10 Å². The average Bonchev–Trinajstić information content (AvgIpc) is 3.31. The zero-order valence-electron chi connectivity index (χ0n) is 17.8. The molecule has 1 aliphatic heterocycles. The van der Waals surface area contributed by atoms with Crippen LogP contribution >= 0.6 is 11.6 Å². The number of benzene rings is 1. The first kappa shape index (κ1) is 21.6. The van der Waals surface area contributed by atoms with Gasteiger partial charge in [-0.3, -0.25) is 14.4 Å². The second-order valence-corrected chi connectivity index (χ2v) is 8.40. The van der Waals surface area contributed by atoms with Crippen LogP contribution in [0.3, 0.4) is 0 Å². The van der Waals surface area contributed by atoms with Crippen LogP contribution in [-0.4, -0.2) is 33.7 Å². The van der Waals surface area contributed by atoms with Gasteiger partial charge in [-0.15, -0.1) is 0 Å². The number of hydrogen-bond donors (Lipinski definition) is 1. The van der Waals surface area contributed by atoms with Crippen molar-refractivity contribution in [1.82, 2.24) is 14.7 Å². The minimum absolute atomic E-state index is 0.278. The van der Waals surface area contributed by atoms with E-state index in [0.29, 0.717) is 22.9 Å². The van der Waals surface area contributed by atoms with Crippen LogP contribution in [0, 0.1) is 19.7 Å². The summed E-state index contributed by atoms with van der Waals surface area (Å²) in [4.78, 5) is 15.1. The number of anilines is 1. The summed E-state index contributed by atoms with van der Waals surface area (Å²) in [6, 6.07) is 7.86. The molecular weight excluding hydrogens is 419 g/mol. The van der Waals surface area contributed by atoms with Gasteiger partial charge in [0, 0.05) is 5.02 Å². The van der Waals surface area contributed by atoms with Crippen LogP contribution in [0.1, 0.15) is 52.5 Å². The number of amides is 1. The molecule has 3 heterocycles. The van der Waals surface area contributed by atoms with Gasteiger partial charge < -0.3 is 9.73 Å². The van der Waals surface area contributed by atoms with Crippen LogP contribution in [0.2, 0.25) is 5.02 Å². The van der Waals surface area contributed by atoms with Crippen molar-refractivity contribution in [3.8, 4) is 0 Å². The highest BCUT2D eigenvalue weighted by molar-refractivity contribution is 6.31. The molecule has 0 atom stereocenters. The summed E-state index contributed by atoms with van der Waals surface area (Å²) in [7, 11) is 0. The zero-order valence-corrected chi connectivity index (χ0v) is 18.5. The standard InChI is InChI=1S/C23H26ClFN4O2/c1-15-22(16(2)29(27-15)13-17-6-7-18(25)12-20(17)24)26-23(30)21-9-8-19(31-21)14-28-10-4-3-5-11-28/h6-9,12H,3-5,10-11,13-14H2,1-2H3,(H,26,30). The molecule has 0 bridgehead atoms. The minimum Gasteiger partial charge on any atom is -0.455 e. The van der Waals surface area contributed by atoms with Gasteiger partial charge in [-0.05, 0) is 69.6 Å². The molecule has 31 heavy (non-hydrogen) atoms. The third-order valence-corrected chi connectivity index (χ3v) is 6.02. The number of piperidine rings is 1. The van der Waals surface area contributed by atoms with Crippen LogP contribution in [0.4, 0.5) is 10.1 Å². The molecule has 1 amide bonds. The molecule has 6 nitrogen and oxygen atoms in total. The van der Waals surface area contributed by atoms with Gasteiger partial charge in [0.1, 0.15) is 11.6 Å². The lowest BCUT2D eigenvalue weighted by Crippen LogP contribution is -2.28. The molecule has 3 aromatic rings. The van der Waals surface area contributed by atoms with E-state index in [1.165, 1.54) is 31.4 Å². The second kappa shape index (κ2) is 9.24. The van der Waals surface area contributed by atoms with Crippen molar-refractivity contribution in [3.63, 3.8) is 0 Å². The largest absolute Gasteiger partial charge is 0.455 e. The van der Waals surface area contributed by atoms with Crippen molar-refractivity contribution < 1.29 is 13.6 Å². The number of carbonyl (C=O) groups is 1. The van der Waals surface area contributed by atoms with Gasteiger partial charge in [0.2, 0.25) is 0 Å². The Morgan fingerprint density at radius 3 is 2.68 bits per heavy atom. The van der Waals surface area contributed by atoms with Crippen molar-refractivity contribution in [2.75, 3.05) is 18.4 Å². The summed E-state index contributed by atoms with van der Waals surface area (Å²) in [5, 5.41) is 7.77. The maximum Gasteiger partial charge on any atom is 0.291 e. The van der Waals surface area contributed by atoms with Gasteiger partial charge in [0.25, 0.3) is 5.91 Å². The normalized spacial score (nSPS) is 14.7. The summed E-state index contributed by atoms with van der Waals surface area (Å²) in [6.45, 7) is 6.94. The van der Waals surface area contributed by atoms with E-state index in [1.54, 1.807) is 16.8 Å². The second-order valence-electron chi connectivity index (χ2n) is 8.00. The molecule has 1 saturated heterocycles. The fourth-order valence-corrected chi connectivity index (χ4v) is 4.17. The molecule has 0 spiro atoms. The first-order valence-corrected chi connectivity index (χ1v) is 10.9. The number of nitrogens with zero attached hydrogens (tertiary/aromatic N) is 3. The summed E-state index contributed by atoms with van der Waals surface area (Å²) in [6.07, 6.45) is 3.70. The van der Waals surface area contributed by atoms with E-state index in [0.717, 1.165) is 36.7 Å². The van der Waals surface area contributed by atoms with Crippen molar-refractivity contribution in [2.45, 2.75) is 46.2 Å². The molecule has 1 N–H and O–H groups in total. The predicted molar refractivity (Wildman–Crippen MR) is 118 cm³/mol. The smallest absolute Gasteiger partial charge is 0.291 e. The Kier molecular flexibility index (Phi) is 6.43. The third kappa shape index (κ3) is 4.99. The molecule has 4 rings (SSSR count). The molecule has 1 aliphatic rings. The van der Waals surface area contributed by atoms with Crippen molar-refractivity contribution in [3.05, 3.63) is 69.6 Å². The fraction of sp³-hybridized carbons (Fsp3) is 0.391. The van der Waals surface area contributed by atoms with E-state index in [9.17, 15) is 9.18 Å². The maximum absolute atomic E-state index is 13.3. The lowest BCUT2D eigenvalue weighted by Gasteiger charge is -2.25. The Bertz CT molecular complexity index is 1090. The Balaban J connectivity index is 1.45. The molecule has 0 unspecified atom stereocenters. The predicted octanol–water partition coefficient (Wildman–Crippen LogP) is 5.17. The van der Waals surface area contributed by atoms with Crippen LogP contribution in [0.25, 0.3) is 0 Å². The lowest BCUT2D eigenvalue weighted by molar-refractivity contribution is 0.0992. The van der Waals surface area contributed by atoms with E-state index >= 15 is 0 Å². The number of rotatable bonds is 6. The Morgan fingerprint density at radius 1 is 1.16 bits per heavy atom. The number of aromatic nitrogens is 2. The summed E-state index contributed by atoms with van der Waals surface area (Å²) < 4.78 is 20.8. The number of halogens is 2. The quantitative estimate of drug-likeness (QED) is 0.569. The SMILES string of the molecule is Cc1nn(Cc2ccc(F)cc2Cl)c(C)c1NC(=O)c1ccc(CN2CCCCC2)o1. The minimum atomic E-state index is -0.381. The van der Waals surface area contributed by atoms with Gasteiger partial charge in [0.15, 0.2) is 5.76 Å². The van der Waals surface area contributed by atoms with E-state index < -0.39 is 0 Å². The first-order chi connectivity index (χ1) is 14.9. The average molecular weight is 445 g/mol. The monoisotopic (exact) mass is 444 g/mol. The van der Waals surface area contributed by atoms with Crippen molar-refractivity contribution in [1.29, 1.82) is 0 Å². The molecule has 0 radical (unpaired) electrons. The molecular formula is C23H26ClFN4O2. The maximum atomic E-state index is 13.3. The number of likely N-dealkylation sites (tertiary alicyclic amines) is 1. The van der Waals surface area contributed by atoms with E-state index in [-0.39, 0.29) is 17.5 Å². The Hall–Kier alpha value is -2.64.